The van der Waals surface area contributed by atoms with Gasteiger partial charge in [0.1, 0.15) is 5.75 Å². The van der Waals surface area contributed by atoms with Crippen LogP contribution in [0.2, 0.25) is 0 Å². The molecule has 1 amide bonds. The Morgan fingerprint density at radius 2 is 1.93 bits per heavy atom. The molecule has 1 heterocycles. The largest absolute Gasteiger partial charge is 0.497 e. The average molecular weight is 423 g/mol. The number of carbonyl (C=O) groups is 1. The van der Waals surface area contributed by atoms with E-state index in [2.05, 4.69) is 4.72 Å². The van der Waals surface area contributed by atoms with Crippen molar-refractivity contribution in [2.75, 3.05) is 44.4 Å². The lowest BCUT2D eigenvalue weighted by Crippen LogP contribution is -2.40. The molecule has 1 aliphatic rings. The Hall–Kier alpha value is -2.23. The van der Waals surface area contributed by atoms with Crippen molar-refractivity contribution in [1.29, 1.82) is 0 Å². The molecule has 0 aromatic heterocycles. The number of carbonyl (C=O) groups excluding carboxylic acids is 1. The van der Waals surface area contributed by atoms with Crippen molar-refractivity contribution in [2.45, 2.75) is 9.79 Å². The molecule has 0 spiro atoms. The van der Waals surface area contributed by atoms with Crippen molar-refractivity contribution >= 4 is 33.4 Å². The fourth-order valence-corrected chi connectivity index (χ4v) is 4.50. The van der Waals surface area contributed by atoms with Gasteiger partial charge in [-0.2, -0.15) is 0 Å². The molecule has 3 rings (SSSR count). The van der Waals surface area contributed by atoms with Gasteiger partial charge in [0.15, 0.2) is 0 Å². The van der Waals surface area contributed by atoms with Crippen molar-refractivity contribution < 1.29 is 22.7 Å². The van der Waals surface area contributed by atoms with Gasteiger partial charge >= 0.3 is 0 Å². The fourth-order valence-electron chi connectivity index (χ4n) is 2.86. The van der Waals surface area contributed by atoms with E-state index in [1.54, 1.807) is 35.2 Å². The second kappa shape index (κ2) is 8.85. The first-order valence-corrected chi connectivity index (χ1v) is 11.4. The first kappa shape index (κ1) is 20.5. The number of sulfonamides is 1. The predicted molar refractivity (Wildman–Crippen MR) is 109 cm³/mol. The van der Waals surface area contributed by atoms with E-state index in [1.807, 2.05) is 6.26 Å². The standard InChI is InChI=1S/C19H22N2O5S2/c1-25-15-5-3-4-14(12-15)20-28(23,24)16-6-7-18(27-2)17(13-16)19(22)21-8-10-26-11-9-21/h3-7,12-13,20H,8-11H2,1-2H3. The first-order chi connectivity index (χ1) is 13.4. The molecule has 1 N–H and O–H groups in total. The molecule has 1 aliphatic heterocycles. The number of nitrogens with one attached hydrogen (secondary N) is 1. The zero-order valence-corrected chi connectivity index (χ0v) is 17.3. The second-order valence-electron chi connectivity index (χ2n) is 6.10. The summed E-state index contributed by atoms with van der Waals surface area (Å²) in [4.78, 5) is 15.4. The highest BCUT2D eigenvalue weighted by molar-refractivity contribution is 7.98. The molecule has 0 unspecified atom stereocenters. The first-order valence-electron chi connectivity index (χ1n) is 8.66. The summed E-state index contributed by atoms with van der Waals surface area (Å²) in [6, 6.07) is 11.3. The number of nitrogens with zero attached hydrogens (tertiary/aromatic N) is 1. The summed E-state index contributed by atoms with van der Waals surface area (Å²) in [6.07, 6.45) is 1.86. The summed E-state index contributed by atoms with van der Waals surface area (Å²) in [5, 5.41) is 0. The normalized spacial score (nSPS) is 14.6. The quantitative estimate of drug-likeness (QED) is 0.721. The Morgan fingerprint density at radius 3 is 2.61 bits per heavy atom. The van der Waals surface area contributed by atoms with Gasteiger partial charge in [0.05, 0.1) is 36.5 Å². The number of rotatable bonds is 6. The molecular weight excluding hydrogens is 400 g/mol. The van der Waals surface area contributed by atoms with Crippen LogP contribution in [-0.4, -0.2) is 58.9 Å². The molecule has 0 atom stereocenters. The lowest BCUT2D eigenvalue weighted by Gasteiger charge is -2.27. The van der Waals surface area contributed by atoms with Gasteiger partial charge in [0, 0.05) is 24.1 Å². The molecule has 1 saturated heterocycles. The van der Waals surface area contributed by atoms with Crippen LogP contribution < -0.4 is 9.46 Å². The maximum Gasteiger partial charge on any atom is 0.261 e. The van der Waals surface area contributed by atoms with Gasteiger partial charge in [-0.15, -0.1) is 11.8 Å². The zero-order chi connectivity index (χ0) is 20.1. The van der Waals surface area contributed by atoms with Crippen molar-refractivity contribution in [3.05, 3.63) is 48.0 Å². The van der Waals surface area contributed by atoms with Crippen molar-refractivity contribution in [3.8, 4) is 5.75 Å². The number of morpholine rings is 1. The number of thioether (sulfide) groups is 1. The number of hydrogen-bond donors (Lipinski definition) is 1. The van der Waals surface area contributed by atoms with Gasteiger partial charge in [-0.05, 0) is 36.6 Å². The van der Waals surface area contributed by atoms with Crippen molar-refractivity contribution in [1.82, 2.24) is 4.90 Å². The summed E-state index contributed by atoms with van der Waals surface area (Å²) in [5.74, 6) is 0.354. The van der Waals surface area contributed by atoms with Gasteiger partial charge in [-0.1, -0.05) is 6.07 Å². The van der Waals surface area contributed by atoms with Gasteiger partial charge < -0.3 is 14.4 Å². The summed E-state index contributed by atoms with van der Waals surface area (Å²) >= 11 is 1.41. The van der Waals surface area contributed by atoms with E-state index in [0.717, 1.165) is 4.90 Å². The predicted octanol–water partition coefficient (Wildman–Crippen LogP) is 2.69. The van der Waals surface area contributed by atoms with E-state index in [-0.39, 0.29) is 10.8 Å². The molecule has 2 aromatic rings. The van der Waals surface area contributed by atoms with Crippen LogP contribution >= 0.6 is 11.8 Å². The van der Waals surface area contributed by atoms with Gasteiger partial charge in [-0.25, -0.2) is 8.42 Å². The molecule has 7 nitrogen and oxygen atoms in total. The maximum atomic E-state index is 12.9. The lowest BCUT2D eigenvalue weighted by molar-refractivity contribution is 0.0300. The van der Waals surface area contributed by atoms with E-state index >= 15 is 0 Å². The number of hydrogen-bond acceptors (Lipinski definition) is 6. The number of ether oxygens (including phenoxy) is 2. The molecule has 0 aliphatic carbocycles. The van der Waals surface area contributed by atoms with Crippen LogP contribution in [0.15, 0.2) is 52.3 Å². The van der Waals surface area contributed by atoms with Gasteiger partial charge in [0.2, 0.25) is 0 Å². The third-order valence-corrected chi connectivity index (χ3v) is 6.51. The van der Waals surface area contributed by atoms with E-state index in [9.17, 15) is 13.2 Å². The Balaban J connectivity index is 1.91. The van der Waals surface area contributed by atoms with Crippen LogP contribution in [0.1, 0.15) is 10.4 Å². The summed E-state index contributed by atoms with van der Waals surface area (Å²) in [7, 11) is -2.35. The molecule has 0 bridgehead atoms. The van der Waals surface area contributed by atoms with Gasteiger partial charge in [0.25, 0.3) is 15.9 Å². The Morgan fingerprint density at radius 1 is 1.18 bits per heavy atom. The highest BCUT2D eigenvalue weighted by atomic mass is 32.2. The van der Waals surface area contributed by atoms with Gasteiger partial charge in [-0.3, -0.25) is 9.52 Å². The molecule has 150 valence electrons. The van der Waals surface area contributed by atoms with E-state index in [0.29, 0.717) is 43.3 Å². The van der Waals surface area contributed by atoms with E-state index in [4.69, 9.17) is 9.47 Å². The molecule has 9 heteroatoms. The topological polar surface area (TPSA) is 84.9 Å². The lowest BCUT2D eigenvalue weighted by atomic mass is 10.2. The highest BCUT2D eigenvalue weighted by Crippen LogP contribution is 2.27. The number of benzene rings is 2. The average Bonchev–Trinajstić information content (AvgIpc) is 2.73. The van der Waals surface area contributed by atoms with E-state index < -0.39 is 10.0 Å². The van der Waals surface area contributed by atoms with Crippen LogP contribution in [0.3, 0.4) is 0 Å². The Labute approximate surface area is 169 Å². The summed E-state index contributed by atoms with van der Waals surface area (Å²) in [6.45, 7) is 1.95. The number of amides is 1. The van der Waals surface area contributed by atoms with Crippen LogP contribution in [0.5, 0.6) is 5.75 Å². The monoisotopic (exact) mass is 422 g/mol. The molecule has 28 heavy (non-hydrogen) atoms. The number of methoxy groups -OCH3 is 1. The minimum atomic E-state index is -3.86. The fraction of sp³-hybridized carbons (Fsp3) is 0.316. The molecule has 2 aromatic carbocycles. The Kier molecular flexibility index (Phi) is 6.48. The number of anilines is 1. The highest BCUT2D eigenvalue weighted by Gasteiger charge is 2.24. The zero-order valence-electron chi connectivity index (χ0n) is 15.7. The van der Waals surface area contributed by atoms with Crippen molar-refractivity contribution in [2.24, 2.45) is 0 Å². The third kappa shape index (κ3) is 4.60. The van der Waals surface area contributed by atoms with Crippen LogP contribution in [0.25, 0.3) is 0 Å². The summed E-state index contributed by atoms with van der Waals surface area (Å²) < 4.78 is 38.6. The summed E-state index contributed by atoms with van der Waals surface area (Å²) in [5.41, 5.74) is 0.761. The van der Waals surface area contributed by atoms with Crippen LogP contribution in [0, 0.1) is 0 Å². The molecule has 0 radical (unpaired) electrons. The molecule has 1 fully saturated rings. The van der Waals surface area contributed by atoms with Crippen molar-refractivity contribution in [3.63, 3.8) is 0 Å². The second-order valence-corrected chi connectivity index (χ2v) is 8.63. The maximum absolute atomic E-state index is 12.9. The minimum absolute atomic E-state index is 0.0322. The molecular formula is C19H22N2O5S2. The van der Waals surface area contributed by atoms with Crippen LogP contribution in [-0.2, 0) is 14.8 Å². The minimum Gasteiger partial charge on any atom is -0.497 e. The van der Waals surface area contributed by atoms with Crippen LogP contribution in [0.4, 0.5) is 5.69 Å². The smallest absolute Gasteiger partial charge is 0.261 e. The van der Waals surface area contributed by atoms with E-state index in [1.165, 1.54) is 31.0 Å². The third-order valence-electron chi connectivity index (χ3n) is 4.33. The Bertz CT molecular complexity index is 957. The molecule has 0 saturated carbocycles. The SMILES string of the molecule is COc1cccc(NS(=O)(=O)c2ccc(SC)c(C(=O)N3CCOCC3)c2)c1.